The standard InChI is InChI=1S/C15H12N2O6S2/c1-16(2)25(21,22)11-7-8-24-12(11)15(20)23-17-13(18)9-5-3-4-6-10(9)14(17)19/h3-8H,1-2H3. The summed E-state index contributed by atoms with van der Waals surface area (Å²) in [4.78, 5) is 41.2. The van der Waals surface area contributed by atoms with Crippen molar-refractivity contribution in [2.24, 2.45) is 0 Å². The van der Waals surface area contributed by atoms with Gasteiger partial charge in [-0.3, -0.25) is 9.59 Å². The highest BCUT2D eigenvalue weighted by atomic mass is 32.2. The van der Waals surface area contributed by atoms with Gasteiger partial charge in [-0.1, -0.05) is 17.2 Å². The van der Waals surface area contributed by atoms with Crippen LogP contribution in [-0.2, 0) is 14.9 Å². The van der Waals surface area contributed by atoms with Crippen LogP contribution >= 0.6 is 11.3 Å². The van der Waals surface area contributed by atoms with E-state index in [2.05, 4.69) is 0 Å². The lowest BCUT2D eigenvalue weighted by atomic mass is 10.1. The molecule has 8 nitrogen and oxygen atoms in total. The Labute approximate surface area is 147 Å². The van der Waals surface area contributed by atoms with E-state index in [0.29, 0.717) is 5.06 Å². The Morgan fingerprint density at radius 2 is 1.64 bits per heavy atom. The molecule has 1 aliphatic rings. The first-order valence-corrected chi connectivity index (χ1v) is 9.27. The zero-order valence-corrected chi connectivity index (χ0v) is 14.8. The third-order valence-corrected chi connectivity index (χ3v) is 6.39. The van der Waals surface area contributed by atoms with E-state index in [1.807, 2.05) is 0 Å². The van der Waals surface area contributed by atoms with E-state index in [-0.39, 0.29) is 20.9 Å². The second-order valence-corrected chi connectivity index (χ2v) is 8.27. The SMILES string of the molecule is CN(C)S(=O)(=O)c1ccsc1C(=O)ON1C(=O)c2ccccc2C1=O. The molecule has 130 valence electrons. The lowest BCUT2D eigenvalue weighted by Gasteiger charge is -2.14. The first-order valence-electron chi connectivity index (χ1n) is 6.95. The average Bonchev–Trinajstić information content (AvgIpc) is 3.16. The predicted molar refractivity (Wildman–Crippen MR) is 87.5 cm³/mol. The van der Waals surface area contributed by atoms with Gasteiger partial charge in [0.1, 0.15) is 9.77 Å². The summed E-state index contributed by atoms with van der Waals surface area (Å²) in [5, 5.41) is 1.76. The van der Waals surface area contributed by atoms with Crippen molar-refractivity contribution in [3.63, 3.8) is 0 Å². The number of hydrogen-bond donors (Lipinski definition) is 0. The summed E-state index contributed by atoms with van der Waals surface area (Å²) in [7, 11) is -1.22. The number of thiophene rings is 1. The minimum atomic E-state index is -3.87. The van der Waals surface area contributed by atoms with Gasteiger partial charge < -0.3 is 4.84 Å². The monoisotopic (exact) mass is 380 g/mol. The summed E-state index contributed by atoms with van der Waals surface area (Å²) in [5.41, 5.74) is 0.236. The lowest BCUT2D eigenvalue weighted by molar-refractivity contribution is -0.0583. The summed E-state index contributed by atoms with van der Waals surface area (Å²) in [5.74, 6) is -2.64. The van der Waals surface area contributed by atoms with Crippen molar-refractivity contribution in [2.45, 2.75) is 4.90 Å². The summed E-state index contributed by atoms with van der Waals surface area (Å²) < 4.78 is 25.4. The second-order valence-electron chi connectivity index (χ2n) is 5.23. The molecular weight excluding hydrogens is 368 g/mol. The first kappa shape index (κ1) is 17.3. The Kier molecular flexibility index (Phi) is 4.19. The predicted octanol–water partition coefficient (Wildman–Crippen LogP) is 1.37. The van der Waals surface area contributed by atoms with E-state index in [9.17, 15) is 22.8 Å². The van der Waals surface area contributed by atoms with Crippen molar-refractivity contribution >= 4 is 39.1 Å². The highest BCUT2D eigenvalue weighted by Crippen LogP contribution is 2.27. The van der Waals surface area contributed by atoms with Crippen molar-refractivity contribution in [3.8, 4) is 0 Å². The molecule has 0 unspecified atom stereocenters. The van der Waals surface area contributed by atoms with Gasteiger partial charge in [-0.2, -0.15) is 0 Å². The van der Waals surface area contributed by atoms with Crippen LogP contribution < -0.4 is 0 Å². The number of fused-ring (bicyclic) bond motifs is 1. The third-order valence-electron chi connectivity index (χ3n) is 3.50. The van der Waals surface area contributed by atoms with E-state index in [1.165, 1.54) is 37.7 Å². The number of carbonyl (C=O) groups excluding carboxylic acids is 3. The molecule has 10 heteroatoms. The van der Waals surface area contributed by atoms with Crippen LogP contribution in [0.25, 0.3) is 0 Å². The highest BCUT2D eigenvalue weighted by Gasteiger charge is 2.39. The number of amides is 2. The van der Waals surface area contributed by atoms with Gasteiger partial charge in [-0.05, 0) is 23.6 Å². The third kappa shape index (κ3) is 2.73. The number of rotatable bonds is 4. The first-order chi connectivity index (χ1) is 11.7. The van der Waals surface area contributed by atoms with Gasteiger partial charge >= 0.3 is 5.97 Å². The minimum Gasteiger partial charge on any atom is -0.323 e. The van der Waals surface area contributed by atoms with Crippen molar-refractivity contribution in [1.82, 2.24) is 9.37 Å². The van der Waals surface area contributed by atoms with Crippen LogP contribution in [0, 0.1) is 0 Å². The molecule has 0 aliphatic carbocycles. The van der Waals surface area contributed by atoms with Crippen LogP contribution in [0.4, 0.5) is 0 Å². The van der Waals surface area contributed by atoms with E-state index in [0.717, 1.165) is 15.6 Å². The van der Waals surface area contributed by atoms with Crippen LogP contribution in [0.2, 0.25) is 0 Å². The summed E-state index contributed by atoms with van der Waals surface area (Å²) in [6, 6.07) is 7.30. The molecule has 0 saturated heterocycles. The molecule has 1 aromatic carbocycles. The molecule has 2 heterocycles. The van der Waals surface area contributed by atoms with E-state index in [4.69, 9.17) is 4.84 Å². The fraction of sp³-hybridized carbons (Fsp3) is 0.133. The van der Waals surface area contributed by atoms with Crippen molar-refractivity contribution < 1.29 is 27.6 Å². The van der Waals surface area contributed by atoms with Crippen LogP contribution in [-0.4, -0.2) is 49.7 Å². The summed E-state index contributed by atoms with van der Waals surface area (Å²) >= 11 is 0.842. The van der Waals surface area contributed by atoms with Gasteiger partial charge in [0.2, 0.25) is 10.0 Å². The van der Waals surface area contributed by atoms with E-state index < -0.39 is 27.8 Å². The molecule has 0 bridgehead atoms. The Morgan fingerprint density at radius 1 is 1.08 bits per heavy atom. The minimum absolute atomic E-state index is 0.118. The number of imide groups is 1. The maximum Gasteiger partial charge on any atom is 0.375 e. The van der Waals surface area contributed by atoms with Crippen molar-refractivity contribution in [3.05, 3.63) is 51.7 Å². The van der Waals surface area contributed by atoms with Gasteiger partial charge in [-0.25, -0.2) is 17.5 Å². The van der Waals surface area contributed by atoms with Gasteiger partial charge in [0.15, 0.2) is 0 Å². The average molecular weight is 380 g/mol. The lowest BCUT2D eigenvalue weighted by Crippen LogP contribution is -2.33. The quantitative estimate of drug-likeness (QED) is 0.743. The van der Waals surface area contributed by atoms with Crippen LogP contribution in [0.3, 0.4) is 0 Å². The smallest absolute Gasteiger partial charge is 0.323 e. The zero-order chi connectivity index (χ0) is 18.4. The van der Waals surface area contributed by atoms with Crippen LogP contribution in [0.15, 0.2) is 40.6 Å². The molecule has 1 aromatic heterocycles. The maximum atomic E-state index is 12.4. The molecule has 1 aliphatic heterocycles. The molecule has 2 amide bonds. The Bertz CT molecular complexity index is 958. The van der Waals surface area contributed by atoms with Crippen molar-refractivity contribution in [2.75, 3.05) is 14.1 Å². The molecule has 0 N–H and O–H groups in total. The van der Waals surface area contributed by atoms with Crippen LogP contribution in [0.5, 0.6) is 0 Å². The summed E-state index contributed by atoms with van der Waals surface area (Å²) in [6.45, 7) is 0. The highest BCUT2D eigenvalue weighted by molar-refractivity contribution is 7.89. The molecule has 25 heavy (non-hydrogen) atoms. The molecule has 0 saturated carbocycles. The Morgan fingerprint density at radius 3 is 2.16 bits per heavy atom. The molecule has 2 aromatic rings. The van der Waals surface area contributed by atoms with Gasteiger partial charge in [0.25, 0.3) is 11.8 Å². The topological polar surface area (TPSA) is 101 Å². The number of nitrogens with zero attached hydrogens (tertiary/aromatic N) is 2. The van der Waals surface area contributed by atoms with Crippen molar-refractivity contribution in [1.29, 1.82) is 0 Å². The molecule has 0 radical (unpaired) electrons. The number of sulfonamides is 1. The number of hydrogen-bond acceptors (Lipinski definition) is 7. The zero-order valence-electron chi connectivity index (χ0n) is 13.1. The van der Waals surface area contributed by atoms with Gasteiger partial charge in [-0.15, -0.1) is 11.3 Å². The fourth-order valence-corrected chi connectivity index (χ4v) is 4.38. The molecule has 0 fully saturated rings. The van der Waals surface area contributed by atoms with Crippen LogP contribution in [0.1, 0.15) is 30.4 Å². The molecule has 3 rings (SSSR count). The number of carbonyl (C=O) groups is 3. The largest absolute Gasteiger partial charge is 0.375 e. The Hall–Kier alpha value is -2.56. The normalized spacial score (nSPS) is 14.1. The summed E-state index contributed by atoms with van der Waals surface area (Å²) in [6.07, 6.45) is 0. The Balaban J connectivity index is 1.90. The molecular formula is C15H12N2O6S2. The molecule has 0 atom stereocenters. The maximum absolute atomic E-state index is 12.4. The number of hydroxylamine groups is 2. The van der Waals surface area contributed by atoms with Gasteiger partial charge in [0, 0.05) is 14.1 Å². The number of benzene rings is 1. The van der Waals surface area contributed by atoms with Gasteiger partial charge in [0.05, 0.1) is 11.1 Å². The van der Waals surface area contributed by atoms with E-state index in [1.54, 1.807) is 12.1 Å². The second kappa shape index (κ2) is 6.06. The molecule has 0 spiro atoms. The fourth-order valence-electron chi connectivity index (χ4n) is 2.22. The van der Waals surface area contributed by atoms with E-state index >= 15 is 0 Å².